The maximum Gasteiger partial charge on any atom is 0.335 e. The van der Waals surface area contributed by atoms with Crippen LogP contribution in [0.15, 0.2) is 48.5 Å². The molecule has 0 fully saturated rings. The predicted molar refractivity (Wildman–Crippen MR) is 79.6 cm³/mol. The van der Waals surface area contributed by atoms with Gasteiger partial charge in [0, 0.05) is 5.69 Å². The van der Waals surface area contributed by atoms with Gasteiger partial charge >= 0.3 is 5.97 Å². The highest BCUT2D eigenvalue weighted by Gasteiger charge is 2.06. The van der Waals surface area contributed by atoms with Gasteiger partial charge in [-0.2, -0.15) is 0 Å². The fraction of sp³-hybridized carbons (Fsp3) is 0. The average Bonchev–Trinajstić information content (AvgIpc) is 2.41. The Kier molecular flexibility index (Phi) is 4.27. The summed E-state index contributed by atoms with van der Waals surface area (Å²) in [5.74, 6) is -1.45. The first kappa shape index (κ1) is 14.0. The molecular formula is C14H11FN2O2S. The molecule has 0 radical (unpaired) electrons. The van der Waals surface area contributed by atoms with Crippen LogP contribution in [-0.4, -0.2) is 16.2 Å². The highest BCUT2D eigenvalue weighted by Crippen LogP contribution is 2.14. The van der Waals surface area contributed by atoms with Crippen molar-refractivity contribution in [3.05, 3.63) is 59.9 Å². The van der Waals surface area contributed by atoms with Gasteiger partial charge in [0.05, 0.1) is 11.3 Å². The zero-order chi connectivity index (χ0) is 14.5. The molecule has 0 bridgehead atoms. The van der Waals surface area contributed by atoms with E-state index in [1.807, 2.05) is 0 Å². The van der Waals surface area contributed by atoms with Crippen molar-refractivity contribution >= 4 is 34.7 Å². The minimum atomic E-state index is -1.03. The standard InChI is InChI=1S/C14H11FN2O2S/c15-11-6-1-2-7-12(11)17-14(20)16-10-5-3-4-9(8-10)13(18)19/h1-8H,(H,18,19)(H2,16,17,20). The van der Waals surface area contributed by atoms with Crippen LogP contribution in [0.4, 0.5) is 15.8 Å². The van der Waals surface area contributed by atoms with Crippen molar-refractivity contribution in [3.63, 3.8) is 0 Å². The van der Waals surface area contributed by atoms with Crippen molar-refractivity contribution in [1.82, 2.24) is 0 Å². The highest BCUT2D eigenvalue weighted by molar-refractivity contribution is 7.80. The van der Waals surface area contributed by atoms with E-state index in [1.54, 1.807) is 30.3 Å². The number of anilines is 2. The lowest BCUT2D eigenvalue weighted by Crippen LogP contribution is -2.19. The number of aromatic carboxylic acids is 1. The molecule has 0 atom stereocenters. The second-order valence-electron chi connectivity index (χ2n) is 3.94. The van der Waals surface area contributed by atoms with Crippen molar-refractivity contribution in [2.75, 3.05) is 10.6 Å². The number of rotatable bonds is 3. The lowest BCUT2D eigenvalue weighted by atomic mass is 10.2. The van der Waals surface area contributed by atoms with Crippen LogP contribution in [-0.2, 0) is 0 Å². The molecule has 2 rings (SSSR count). The first-order valence-electron chi connectivity index (χ1n) is 5.72. The Labute approximate surface area is 120 Å². The Morgan fingerprint density at radius 2 is 1.85 bits per heavy atom. The Balaban J connectivity index is 2.07. The van der Waals surface area contributed by atoms with Gasteiger partial charge in [0.25, 0.3) is 0 Å². The molecule has 0 aliphatic carbocycles. The van der Waals surface area contributed by atoms with Crippen LogP contribution in [0.2, 0.25) is 0 Å². The predicted octanol–water partition coefficient (Wildman–Crippen LogP) is 3.33. The van der Waals surface area contributed by atoms with Crippen LogP contribution in [0.3, 0.4) is 0 Å². The molecule has 2 aromatic carbocycles. The van der Waals surface area contributed by atoms with Gasteiger partial charge in [-0.15, -0.1) is 0 Å². The molecule has 0 aliphatic rings. The van der Waals surface area contributed by atoms with Crippen LogP contribution in [0.5, 0.6) is 0 Å². The van der Waals surface area contributed by atoms with E-state index >= 15 is 0 Å². The molecule has 2 aromatic rings. The number of carboxylic acid groups (broad SMARTS) is 1. The Hall–Kier alpha value is -2.47. The lowest BCUT2D eigenvalue weighted by molar-refractivity contribution is 0.0697. The Morgan fingerprint density at radius 3 is 2.55 bits per heavy atom. The average molecular weight is 290 g/mol. The van der Waals surface area contributed by atoms with Crippen LogP contribution < -0.4 is 10.6 Å². The third kappa shape index (κ3) is 3.52. The van der Waals surface area contributed by atoms with Crippen molar-refractivity contribution in [3.8, 4) is 0 Å². The fourth-order valence-electron chi connectivity index (χ4n) is 1.58. The molecular weight excluding hydrogens is 279 g/mol. The summed E-state index contributed by atoms with van der Waals surface area (Å²) in [7, 11) is 0. The van der Waals surface area contributed by atoms with Crippen LogP contribution >= 0.6 is 12.2 Å². The first-order chi connectivity index (χ1) is 9.56. The van der Waals surface area contributed by atoms with E-state index in [9.17, 15) is 9.18 Å². The van der Waals surface area contributed by atoms with E-state index in [2.05, 4.69) is 10.6 Å². The van der Waals surface area contributed by atoms with E-state index < -0.39 is 11.8 Å². The summed E-state index contributed by atoms with van der Waals surface area (Å²) < 4.78 is 13.4. The normalized spacial score (nSPS) is 9.85. The van der Waals surface area contributed by atoms with Crippen LogP contribution in [0.1, 0.15) is 10.4 Å². The fourth-order valence-corrected chi connectivity index (χ4v) is 1.81. The first-order valence-corrected chi connectivity index (χ1v) is 6.13. The summed E-state index contributed by atoms with van der Waals surface area (Å²) in [6.45, 7) is 0. The van der Waals surface area contributed by atoms with Crippen molar-refractivity contribution in [1.29, 1.82) is 0 Å². The second-order valence-corrected chi connectivity index (χ2v) is 4.35. The molecule has 3 N–H and O–H groups in total. The minimum absolute atomic E-state index is 0.142. The molecule has 0 aliphatic heterocycles. The van der Waals surface area contributed by atoms with Gasteiger partial charge < -0.3 is 15.7 Å². The molecule has 102 valence electrons. The van der Waals surface area contributed by atoms with Crippen LogP contribution in [0, 0.1) is 5.82 Å². The molecule has 20 heavy (non-hydrogen) atoms. The summed E-state index contributed by atoms with van der Waals surface area (Å²) in [6.07, 6.45) is 0. The van der Waals surface area contributed by atoms with E-state index in [1.165, 1.54) is 18.2 Å². The van der Waals surface area contributed by atoms with Crippen LogP contribution in [0.25, 0.3) is 0 Å². The number of nitrogens with one attached hydrogen (secondary N) is 2. The van der Waals surface area contributed by atoms with Gasteiger partial charge in [0.15, 0.2) is 5.11 Å². The molecule has 6 heteroatoms. The molecule has 0 spiro atoms. The molecule has 0 unspecified atom stereocenters. The molecule has 0 saturated heterocycles. The van der Waals surface area contributed by atoms with Crippen molar-refractivity contribution in [2.45, 2.75) is 0 Å². The maximum absolute atomic E-state index is 13.4. The van der Waals surface area contributed by atoms with Gasteiger partial charge in [-0.25, -0.2) is 9.18 Å². The molecule has 0 aromatic heterocycles. The second kappa shape index (κ2) is 6.12. The summed E-state index contributed by atoms with van der Waals surface area (Å²) in [5.41, 5.74) is 0.904. The third-order valence-corrected chi connectivity index (χ3v) is 2.69. The van der Waals surface area contributed by atoms with Crippen molar-refractivity contribution < 1.29 is 14.3 Å². The van der Waals surface area contributed by atoms with Gasteiger partial charge in [-0.05, 0) is 42.5 Å². The summed E-state index contributed by atoms with van der Waals surface area (Å²) in [6, 6.07) is 12.3. The maximum atomic E-state index is 13.4. The topological polar surface area (TPSA) is 61.4 Å². The number of benzene rings is 2. The number of hydrogen-bond donors (Lipinski definition) is 3. The van der Waals surface area contributed by atoms with E-state index in [4.69, 9.17) is 17.3 Å². The number of carbonyl (C=O) groups is 1. The summed E-state index contributed by atoms with van der Waals surface area (Å²) >= 11 is 5.05. The number of carboxylic acids is 1. The van der Waals surface area contributed by atoms with Gasteiger partial charge in [0.2, 0.25) is 0 Å². The Bertz CT molecular complexity index is 661. The smallest absolute Gasteiger partial charge is 0.335 e. The summed E-state index contributed by atoms with van der Waals surface area (Å²) in [5, 5.41) is 14.6. The number of halogens is 1. The molecule has 0 amide bonds. The number of thiocarbonyl (C=S) groups is 1. The van der Waals surface area contributed by atoms with Gasteiger partial charge in [-0.3, -0.25) is 0 Å². The van der Waals surface area contributed by atoms with Gasteiger partial charge in [0.1, 0.15) is 5.82 Å². The van der Waals surface area contributed by atoms with Gasteiger partial charge in [-0.1, -0.05) is 18.2 Å². The van der Waals surface area contributed by atoms with E-state index in [0.717, 1.165) is 0 Å². The Morgan fingerprint density at radius 1 is 1.10 bits per heavy atom. The third-order valence-electron chi connectivity index (χ3n) is 2.49. The minimum Gasteiger partial charge on any atom is -0.478 e. The molecule has 4 nitrogen and oxygen atoms in total. The SMILES string of the molecule is O=C(O)c1cccc(NC(=S)Nc2ccccc2F)c1. The number of hydrogen-bond acceptors (Lipinski definition) is 2. The molecule has 0 heterocycles. The largest absolute Gasteiger partial charge is 0.478 e. The zero-order valence-corrected chi connectivity index (χ0v) is 11.1. The number of para-hydroxylation sites is 1. The monoisotopic (exact) mass is 290 g/mol. The highest BCUT2D eigenvalue weighted by atomic mass is 32.1. The van der Waals surface area contributed by atoms with E-state index in [-0.39, 0.29) is 16.4 Å². The molecule has 0 saturated carbocycles. The zero-order valence-electron chi connectivity index (χ0n) is 10.3. The lowest BCUT2D eigenvalue weighted by Gasteiger charge is -2.11. The summed E-state index contributed by atoms with van der Waals surface area (Å²) in [4.78, 5) is 10.8. The van der Waals surface area contributed by atoms with E-state index in [0.29, 0.717) is 5.69 Å². The van der Waals surface area contributed by atoms with Crippen molar-refractivity contribution in [2.24, 2.45) is 0 Å². The quantitative estimate of drug-likeness (QED) is 0.757.